The summed E-state index contributed by atoms with van der Waals surface area (Å²) in [6.07, 6.45) is 6.84. The van der Waals surface area contributed by atoms with Gasteiger partial charge in [-0.25, -0.2) is 0 Å². The lowest BCUT2D eigenvalue weighted by Crippen LogP contribution is -2.32. The van der Waals surface area contributed by atoms with Gasteiger partial charge in [-0.15, -0.1) is 24.0 Å². The first-order valence-corrected chi connectivity index (χ1v) is 6.73. The molecule has 0 aromatic heterocycles. The first kappa shape index (κ1) is 17.7. The third-order valence-corrected chi connectivity index (χ3v) is 2.57. The van der Waals surface area contributed by atoms with Crippen molar-refractivity contribution in [2.45, 2.75) is 32.6 Å². The Morgan fingerprint density at radius 2 is 2.07 bits per heavy atom. The van der Waals surface area contributed by atoms with Gasteiger partial charge in [0.1, 0.15) is 0 Å². The van der Waals surface area contributed by atoms with E-state index in [1.807, 2.05) is 11.8 Å². The third-order valence-electron chi connectivity index (χ3n) is 1.88. The van der Waals surface area contributed by atoms with Crippen LogP contribution in [-0.4, -0.2) is 31.1 Å². The van der Waals surface area contributed by atoms with Crippen LogP contribution < -0.4 is 11.1 Å². The van der Waals surface area contributed by atoms with E-state index in [1.54, 1.807) is 0 Å². The molecule has 92 valence electrons. The highest BCUT2D eigenvalue weighted by atomic mass is 127. The first-order chi connectivity index (χ1) is 6.81. The maximum absolute atomic E-state index is 5.66. The number of nitrogens with one attached hydrogen (secondary N) is 1. The molecule has 0 unspecified atom stereocenters. The van der Waals surface area contributed by atoms with Crippen molar-refractivity contribution in [1.82, 2.24) is 5.32 Å². The van der Waals surface area contributed by atoms with Gasteiger partial charge in [0.2, 0.25) is 0 Å². The topological polar surface area (TPSA) is 50.4 Å². The van der Waals surface area contributed by atoms with Gasteiger partial charge in [-0.05, 0) is 31.3 Å². The molecular weight excluding hydrogens is 321 g/mol. The predicted octanol–water partition coefficient (Wildman–Crippen LogP) is 2.45. The molecular formula is C10H24IN3S. The quantitative estimate of drug-likeness (QED) is 0.308. The first-order valence-electron chi connectivity index (χ1n) is 5.34. The summed E-state index contributed by atoms with van der Waals surface area (Å²) < 4.78 is 0. The summed E-state index contributed by atoms with van der Waals surface area (Å²) in [5.74, 6) is 1.82. The maximum atomic E-state index is 5.66. The molecule has 0 spiro atoms. The number of thioether (sulfide) groups is 1. The summed E-state index contributed by atoms with van der Waals surface area (Å²) in [5, 5.41) is 3.10. The molecule has 0 fully saturated rings. The Labute approximate surface area is 115 Å². The van der Waals surface area contributed by atoms with Crippen LogP contribution in [-0.2, 0) is 0 Å². The molecule has 15 heavy (non-hydrogen) atoms. The molecule has 0 rings (SSSR count). The number of rotatable bonds is 8. The zero-order chi connectivity index (χ0) is 10.6. The fourth-order valence-corrected chi connectivity index (χ4v) is 1.50. The van der Waals surface area contributed by atoms with Gasteiger partial charge >= 0.3 is 0 Å². The molecule has 0 aromatic carbocycles. The minimum atomic E-state index is 0. The summed E-state index contributed by atoms with van der Waals surface area (Å²) in [6, 6.07) is 0. The number of nitrogens with two attached hydrogens (primary N) is 1. The lowest BCUT2D eigenvalue weighted by Gasteiger charge is -2.03. The number of unbranched alkanes of at least 4 members (excludes halogenated alkanes) is 2. The van der Waals surface area contributed by atoms with Crippen molar-refractivity contribution in [1.29, 1.82) is 0 Å². The molecule has 0 radical (unpaired) electrons. The van der Waals surface area contributed by atoms with E-state index in [0.717, 1.165) is 25.9 Å². The molecule has 0 aliphatic heterocycles. The zero-order valence-electron chi connectivity index (χ0n) is 9.79. The van der Waals surface area contributed by atoms with Gasteiger partial charge < -0.3 is 11.1 Å². The summed E-state index contributed by atoms with van der Waals surface area (Å²) in [5.41, 5.74) is 5.66. The number of halogens is 1. The van der Waals surface area contributed by atoms with Crippen molar-refractivity contribution in [2.24, 2.45) is 10.7 Å². The Bertz CT molecular complexity index is 154. The normalized spacial score (nSPS) is 10.9. The van der Waals surface area contributed by atoms with Gasteiger partial charge in [0.25, 0.3) is 0 Å². The molecule has 0 bridgehead atoms. The van der Waals surface area contributed by atoms with Crippen molar-refractivity contribution in [3.8, 4) is 0 Å². The van der Waals surface area contributed by atoms with Crippen LogP contribution in [0.25, 0.3) is 0 Å². The summed E-state index contributed by atoms with van der Waals surface area (Å²) in [4.78, 5) is 4.24. The van der Waals surface area contributed by atoms with Crippen LogP contribution in [0.15, 0.2) is 4.99 Å². The van der Waals surface area contributed by atoms with E-state index in [1.165, 1.54) is 18.6 Å². The SMILES string of the molecule is CCCCNC(N)=NCCCCSC.I. The number of hydrogen-bond acceptors (Lipinski definition) is 2. The van der Waals surface area contributed by atoms with Crippen LogP contribution >= 0.6 is 35.7 Å². The van der Waals surface area contributed by atoms with Crippen molar-refractivity contribution in [3.05, 3.63) is 0 Å². The van der Waals surface area contributed by atoms with Gasteiger partial charge in [-0.2, -0.15) is 11.8 Å². The maximum Gasteiger partial charge on any atom is 0.188 e. The molecule has 0 saturated heterocycles. The predicted molar refractivity (Wildman–Crippen MR) is 82.4 cm³/mol. The summed E-state index contributed by atoms with van der Waals surface area (Å²) >= 11 is 1.88. The minimum Gasteiger partial charge on any atom is -0.370 e. The molecule has 0 heterocycles. The van der Waals surface area contributed by atoms with E-state index in [4.69, 9.17) is 5.73 Å². The van der Waals surface area contributed by atoms with Crippen molar-refractivity contribution < 1.29 is 0 Å². The fraction of sp³-hybridized carbons (Fsp3) is 0.900. The second-order valence-electron chi connectivity index (χ2n) is 3.25. The van der Waals surface area contributed by atoms with Gasteiger partial charge in [0, 0.05) is 13.1 Å². The summed E-state index contributed by atoms with van der Waals surface area (Å²) in [6.45, 7) is 3.96. The van der Waals surface area contributed by atoms with Gasteiger partial charge in [0.05, 0.1) is 0 Å². The Balaban J connectivity index is 0. The van der Waals surface area contributed by atoms with Crippen molar-refractivity contribution in [3.63, 3.8) is 0 Å². The second-order valence-corrected chi connectivity index (χ2v) is 4.23. The molecule has 0 aromatic rings. The Hall–Kier alpha value is 0.350. The summed E-state index contributed by atoms with van der Waals surface area (Å²) in [7, 11) is 0. The monoisotopic (exact) mass is 345 g/mol. The van der Waals surface area contributed by atoms with Crippen LogP contribution in [0, 0.1) is 0 Å². The highest BCUT2D eigenvalue weighted by Gasteiger charge is 1.90. The van der Waals surface area contributed by atoms with Crippen LogP contribution in [0.4, 0.5) is 0 Å². The van der Waals surface area contributed by atoms with Gasteiger partial charge in [-0.3, -0.25) is 4.99 Å². The average Bonchev–Trinajstić information content (AvgIpc) is 2.18. The number of hydrogen-bond donors (Lipinski definition) is 2. The number of nitrogens with zero attached hydrogens (tertiary/aromatic N) is 1. The second kappa shape index (κ2) is 14.3. The Morgan fingerprint density at radius 1 is 1.33 bits per heavy atom. The minimum absolute atomic E-state index is 0. The van der Waals surface area contributed by atoms with E-state index < -0.39 is 0 Å². The van der Waals surface area contributed by atoms with E-state index >= 15 is 0 Å². The Kier molecular flexibility index (Phi) is 17.0. The standard InChI is InChI=1S/C10H23N3S.HI/c1-3-4-7-12-10(11)13-8-5-6-9-14-2;/h3-9H2,1-2H3,(H3,11,12,13);1H. The Morgan fingerprint density at radius 3 is 2.67 bits per heavy atom. The lowest BCUT2D eigenvalue weighted by atomic mass is 10.3. The smallest absolute Gasteiger partial charge is 0.188 e. The van der Waals surface area contributed by atoms with Gasteiger partial charge in [-0.1, -0.05) is 13.3 Å². The highest BCUT2D eigenvalue weighted by molar-refractivity contribution is 14.0. The van der Waals surface area contributed by atoms with E-state index in [-0.39, 0.29) is 24.0 Å². The van der Waals surface area contributed by atoms with Crippen molar-refractivity contribution in [2.75, 3.05) is 25.1 Å². The molecule has 0 aliphatic carbocycles. The fourth-order valence-electron chi connectivity index (χ4n) is 1.01. The van der Waals surface area contributed by atoms with Crippen LogP contribution in [0.1, 0.15) is 32.6 Å². The molecule has 3 N–H and O–H groups in total. The molecule has 0 amide bonds. The van der Waals surface area contributed by atoms with E-state index in [2.05, 4.69) is 23.5 Å². The van der Waals surface area contributed by atoms with Crippen LogP contribution in [0.2, 0.25) is 0 Å². The molecule has 5 heteroatoms. The molecule has 0 saturated carbocycles. The largest absolute Gasteiger partial charge is 0.370 e. The van der Waals surface area contributed by atoms with Crippen LogP contribution in [0.3, 0.4) is 0 Å². The van der Waals surface area contributed by atoms with Crippen LogP contribution in [0.5, 0.6) is 0 Å². The average molecular weight is 345 g/mol. The van der Waals surface area contributed by atoms with E-state index in [9.17, 15) is 0 Å². The molecule has 0 atom stereocenters. The van der Waals surface area contributed by atoms with Crippen molar-refractivity contribution >= 4 is 41.7 Å². The number of guanidine groups is 1. The highest BCUT2D eigenvalue weighted by Crippen LogP contribution is 1.98. The van der Waals surface area contributed by atoms with E-state index in [0.29, 0.717) is 5.96 Å². The molecule has 0 aliphatic rings. The lowest BCUT2D eigenvalue weighted by molar-refractivity contribution is 0.743. The van der Waals surface area contributed by atoms with Gasteiger partial charge in [0.15, 0.2) is 5.96 Å². The molecule has 3 nitrogen and oxygen atoms in total. The number of aliphatic imine (C=N–C) groups is 1. The zero-order valence-corrected chi connectivity index (χ0v) is 12.9. The third kappa shape index (κ3) is 14.4.